The summed E-state index contributed by atoms with van der Waals surface area (Å²) in [6.07, 6.45) is 0.411. The highest BCUT2D eigenvalue weighted by Gasteiger charge is 2.30. The normalized spacial score (nSPS) is 20.3. The van der Waals surface area contributed by atoms with E-state index in [9.17, 15) is 13.2 Å². The van der Waals surface area contributed by atoms with E-state index in [2.05, 4.69) is 10.2 Å². The number of thioether (sulfide) groups is 1. The summed E-state index contributed by atoms with van der Waals surface area (Å²) in [5.74, 6) is 0.708. The molecule has 7 nitrogen and oxygen atoms in total. The van der Waals surface area contributed by atoms with Crippen molar-refractivity contribution in [2.24, 2.45) is 0 Å². The van der Waals surface area contributed by atoms with Gasteiger partial charge in [-0.3, -0.25) is 4.79 Å². The minimum absolute atomic E-state index is 0.0867. The molecule has 0 aromatic heterocycles. The van der Waals surface area contributed by atoms with E-state index >= 15 is 0 Å². The Balaban J connectivity index is 1.49. The molecule has 0 saturated carbocycles. The molecule has 30 heavy (non-hydrogen) atoms. The lowest BCUT2D eigenvalue weighted by Crippen LogP contribution is -2.48. The van der Waals surface area contributed by atoms with E-state index in [0.29, 0.717) is 38.3 Å². The van der Waals surface area contributed by atoms with E-state index in [1.807, 2.05) is 31.2 Å². The Bertz CT molecular complexity index is 1030. The first-order valence-electron chi connectivity index (χ1n) is 9.86. The van der Waals surface area contributed by atoms with Crippen LogP contribution in [0.15, 0.2) is 52.3 Å². The smallest absolute Gasteiger partial charge is 0.243 e. The van der Waals surface area contributed by atoms with E-state index in [0.717, 1.165) is 16.3 Å². The van der Waals surface area contributed by atoms with E-state index in [1.165, 1.54) is 4.31 Å². The van der Waals surface area contributed by atoms with Crippen molar-refractivity contribution >= 4 is 39.1 Å². The number of rotatable bonds is 4. The number of sulfonamides is 1. The molecule has 0 bridgehead atoms. The van der Waals surface area contributed by atoms with E-state index < -0.39 is 10.0 Å². The van der Waals surface area contributed by atoms with Crippen LogP contribution in [0.3, 0.4) is 0 Å². The highest BCUT2D eigenvalue weighted by molar-refractivity contribution is 8.00. The Labute approximate surface area is 181 Å². The Morgan fingerprint density at radius 3 is 2.43 bits per heavy atom. The molecule has 4 rings (SSSR count). The monoisotopic (exact) mass is 447 g/mol. The fraction of sp³-hybridized carbons (Fsp3) is 0.381. The average Bonchev–Trinajstić information content (AvgIpc) is 2.89. The van der Waals surface area contributed by atoms with Crippen molar-refractivity contribution in [3.8, 4) is 5.75 Å². The molecule has 2 aromatic rings. The molecule has 0 aliphatic carbocycles. The summed E-state index contributed by atoms with van der Waals surface area (Å²) in [7, 11) is -2.00. The second-order valence-corrected chi connectivity index (χ2v) is 10.8. The van der Waals surface area contributed by atoms with Gasteiger partial charge >= 0.3 is 0 Å². The van der Waals surface area contributed by atoms with Crippen LogP contribution >= 0.6 is 11.8 Å². The minimum Gasteiger partial charge on any atom is -0.497 e. The van der Waals surface area contributed by atoms with Crippen LogP contribution in [-0.2, 0) is 14.8 Å². The van der Waals surface area contributed by atoms with Crippen molar-refractivity contribution < 1.29 is 17.9 Å². The number of anilines is 2. The minimum atomic E-state index is -3.63. The quantitative estimate of drug-likeness (QED) is 0.776. The predicted molar refractivity (Wildman–Crippen MR) is 119 cm³/mol. The van der Waals surface area contributed by atoms with Gasteiger partial charge in [0.05, 0.1) is 17.7 Å². The SMILES string of the molecule is COc1ccc(N2CCN(S(=O)(=O)c3ccc4c(c3)NC(=O)CC(C)S4)CC2)cc1. The zero-order chi connectivity index (χ0) is 21.3. The number of amides is 1. The molecule has 2 aliphatic heterocycles. The molecule has 1 amide bonds. The molecule has 9 heteroatoms. The summed E-state index contributed by atoms with van der Waals surface area (Å²) < 4.78 is 33.1. The molecule has 1 N–H and O–H groups in total. The van der Waals surface area contributed by atoms with Crippen LogP contribution in [0, 0.1) is 0 Å². The van der Waals surface area contributed by atoms with E-state index in [1.54, 1.807) is 37.1 Å². The lowest BCUT2D eigenvalue weighted by Gasteiger charge is -2.35. The number of methoxy groups -OCH3 is 1. The summed E-state index contributed by atoms with van der Waals surface area (Å²) in [6, 6.07) is 12.8. The maximum Gasteiger partial charge on any atom is 0.243 e. The number of carbonyl (C=O) groups excluding carboxylic acids is 1. The lowest BCUT2D eigenvalue weighted by atomic mass is 10.2. The Hall–Kier alpha value is -2.23. The number of piperazine rings is 1. The summed E-state index contributed by atoms with van der Waals surface area (Å²) in [6.45, 7) is 4.03. The third kappa shape index (κ3) is 4.28. The summed E-state index contributed by atoms with van der Waals surface area (Å²) >= 11 is 1.58. The van der Waals surface area contributed by atoms with Gasteiger partial charge in [-0.05, 0) is 42.5 Å². The number of nitrogens with zero attached hydrogens (tertiary/aromatic N) is 2. The molecule has 1 saturated heterocycles. The van der Waals surface area contributed by atoms with Crippen molar-refractivity contribution in [3.05, 3.63) is 42.5 Å². The van der Waals surface area contributed by atoms with Gasteiger partial charge in [0, 0.05) is 48.4 Å². The lowest BCUT2D eigenvalue weighted by molar-refractivity contribution is -0.116. The van der Waals surface area contributed by atoms with Crippen LogP contribution in [0.5, 0.6) is 5.75 Å². The highest BCUT2D eigenvalue weighted by atomic mass is 32.2. The molecule has 2 aliphatic rings. The number of nitrogens with one attached hydrogen (secondary N) is 1. The molecule has 2 aromatic carbocycles. The number of fused-ring (bicyclic) bond motifs is 1. The van der Waals surface area contributed by atoms with Crippen LogP contribution in [0.4, 0.5) is 11.4 Å². The first-order chi connectivity index (χ1) is 14.4. The van der Waals surface area contributed by atoms with Crippen LogP contribution in [-0.4, -0.2) is 57.2 Å². The average molecular weight is 448 g/mol. The van der Waals surface area contributed by atoms with Crippen molar-refractivity contribution in [3.63, 3.8) is 0 Å². The van der Waals surface area contributed by atoms with Gasteiger partial charge in [-0.15, -0.1) is 11.8 Å². The molecule has 0 spiro atoms. The second kappa shape index (κ2) is 8.49. The van der Waals surface area contributed by atoms with Gasteiger partial charge in [0.1, 0.15) is 5.75 Å². The molecule has 1 fully saturated rings. The zero-order valence-corrected chi connectivity index (χ0v) is 18.6. The van der Waals surface area contributed by atoms with Crippen LogP contribution in [0.25, 0.3) is 0 Å². The van der Waals surface area contributed by atoms with E-state index in [-0.39, 0.29) is 16.1 Å². The van der Waals surface area contributed by atoms with Crippen molar-refractivity contribution in [1.82, 2.24) is 4.31 Å². The van der Waals surface area contributed by atoms with Gasteiger partial charge in [-0.25, -0.2) is 8.42 Å². The second-order valence-electron chi connectivity index (χ2n) is 7.43. The molecule has 2 heterocycles. The van der Waals surface area contributed by atoms with Crippen LogP contribution in [0.2, 0.25) is 0 Å². The first-order valence-corrected chi connectivity index (χ1v) is 12.2. The molecular weight excluding hydrogens is 422 g/mol. The molecule has 1 atom stereocenters. The third-order valence-electron chi connectivity index (χ3n) is 5.34. The van der Waals surface area contributed by atoms with Crippen molar-refractivity contribution in [2.45, 2.75) is 28.4 Å². The maximum absolute atomic E-state index is 13.2. The summed E-state index contributed by atoms with van der Waals surface area (Å²) in [5, 5.41) is 3.00. The zero-order valence-electron chi connectivity index (χ0n) is 17.0. The Kier molecular flexibility index (Phi) is 5.95. The van der Waals surface area contributed by atoms with E-state index in [4.69, 9.17) is 4.74 Å². The number of hydrogen-bond acceptors (Lipinski definition) is 6. The largest absolute Gasteiger partial charge is 0.497 e. The van der Waals surface area contributed by atoms with Gasteiger partial charge in [0.15, 0.2) is 0 Å². The Morgan fingerprint density at radius 1 is 1.07 bits per heavy atom. The third-order valence-corrected chi connectivity index (χ3v) is 8.41. The van der Waals surface area contributed by atoms with Crippen LogP contribution < -0.4 is 15.0 Å². The maximum atomic E-state index is 13.2. The van der Waals surface area contributed by atoms with Gasteiger partial charge in [-0.2, -0.15) is 4.31 Å². The molecule has 1 unspecified atom stereocenters. The number of benzene rings is 2. The molecular formula is C21H25N3O4S2. The molecule has 160 valence electrons. The van der Waals surface area contributed by atoms with Crippen molar-refractivity contribution in [2.75, 3.05) is 43.5 Å². The van der Waals surface area contributed by atoms with Crippen molar-refractivity contribution in [1.29, 1.82) is 0 Å². The standard InChI is InChI=1S/C21H25N3O4S2/c1-15-13-21(25)22-19-14-18(7-8-20(19)29-15)30(26,27)24-11-9-23(10-12-24)16-3-5-17(28-2)6-4-16/h3-8,14-15H,9-13H2,1-2H3,(H,22,25). The highest BCUT2D eigenvalue weighted by Crippen LogP contribution is 2.36. The predicted octanol–water partition coefficient (Wildman–Crippen LogP) is 3.03. The van der Waals surface area contributed by atoms with Gasteiger partial charge in [0.25, 0.3) is 0 Å². The Morgan fingerprint density at radius 2 is 1.77 bits per heavy atom. The number of hydrogen-bond donors (Lipinski definition) is 1. The van der Waals surface area contributed by atoms with Gasteiger partial charge < -0.3 is 15.0 Å². The summed E-state index contributed by atoms with van der Waals surface area (Å²) in [5.41, 5.74) is 1.62. The fourth-order valence-electron chi connectivity index (χ4n) is 3.72. The topological polar surface area (TPSA) is 79.0 Å². The number of carbonyl (C=O) groups is 1. The van der Waals surface area contributed by atoms with Gasteiger partial charge in [0.2, 0.25) is 15.9 Å². The molecule has 0 radical (unpaired) electrons. The van der Waals surface area contributed by atoms with Crippen LogP contribution in [0.1, 0.15) is 13.3 Å². The number of ether oxygens (including phenoxy) is 1. The summed E-state index contributed by atoms with van der Waals surface area (Å²) in [4.78, 5) is 15.3. The van der Waals surface area contributed by atoms with Gasteiger partial charge in [-0.1, -0.05) is 6.92 Å². The first kappa shape index (κ1) is 21.0. The fourth-order valence-corrected chi connectivity index (χ4v) is 6.22.